The highest BCUT2D eigenvalue weighted by atomic mass is 16.2. The average molecular weight is 250 g/mol. The largest absolute Gasteiger partial charge is 0.397 e. The number of aromatic nitrogens is 1. The van der Waals surface area contributed by atoms with Crippen LogP contribution in [-0.4, -0.2) is 22.9 Å². The molecule has 18 heavy (non-hydrogen) atoms. The number of rotatable bonds is 6. The van der Waals surface area contributed by atoms with Gasteiger partial charge in [-0.2, -0.15) is 0 Å². The molecule has 0 aliphatic heterocycles. The van der Waals surface area contributed by atoms with Crippen molar-refractivity contribution in [2.45, 2.75) is 31.7 Å². The number of anilines is 1. The summed E-state index contributed by atoms with van der Waals surface area (Å²) in [5, 5.41) is 2.77. The van der Waals surface area contributed by atoms with E-state index in [1.54, 1.807) is 12.3 Å². The number of nitrogen functional groups attached to an aromatic ring is 1. The Kier molecular flexibility index (Phi) is 3.55. The highest BCUT2D eigenvalue weighted by molar-refractivity contribution is 5.93. The first-order valence-corrected chi connectivity index (χ1v) is 6.12. The molecule has 1 heterocycles. The molecule has 1 aliphatic carbocycles. The van der Waals surface area contributed by atoms with Crippen LogP contribution in [-0.2, 0) is 4.79 Å². The van der Waals surface area contributed by atoms with Crippen molar-refractivity contribution < 1.29 is 9.59 Å². The summed E-state index contributed by atoms with van der Waals surface area (Å²) >= 11 is 0. The fourth-order valence-corrected chi connectivity index (χ4v) is 1.89. The predicted octanol–water partition coefficient (Wildman–Crippen LogP) is 0.400. The van der Waals surface area contributed by atoms with Crippen molar-refractivity contribution in [2.75, 3.05) is 12.3 Å². The van der Waals surface area contributed by atoms with Gasteiger partial charge in [-0.3, -0.25) is 9.59 Å². The van der Waals surface area contributed by atoms with Crippen molar-refractivity contribution in [3.8, 4) is 0 Å². The Balaban J connectivity index is 1.90. The predicted molar refractivity (Wildman–Crippen MR) is 67.9 cm³/mol. The Labute approximate surface area is 105 Å². The molecule has 1 aliphatic rings. The Hall–Kier alpha value is -1.98. The molecule has 6 heteroatoms. The van der Waals surface area contributed by atoms with E-state index in [2.05, 4.69) is 5.32 Å². The molecule has 0 bridgehead atoms. The lowest BCUT2D eigenvalue weighted by Crippen LogP contribution is -2.27. The van der Waals surface area contributed by atoms with Crippen LogP contribution in [0.25, 0.3) is 0 Å². The van der Waals surface area contributed by atoms with E-state index in [0.717, 1.165) is 12.8 Å². The summed E-state index contributed by atoms with van der Waals surface area (Å²) in [5.41, 5.74) is 11.9. The molecule has 0 saturated heterocycles. The van der Waals surface area contributed by atoms with E-state index >= 15 is 0 Å². The van der Waals surface area contributed by atoms with Gasteiger partial charge in [0.05, 0.1) is 5.69 Å². The van der Waals surface area contributed by atoms with Crippen LogP contribution in [0.1, 0.15) is 42.2 Å². The van der Waals surface area contributed by atoms with Crippen molar-refractivity contribution in [3.05, 3.63) is 18.0 Å². The molecule has 5 N–H and O–H groups in total. The second-order valence-electron chi connectivity index (χ2n) is 4.62. The van der Waals surface area contributed by atoms with Crippen molar-refractivity contribution in [1.29, 1.82) is 0 Å². The van der Waals surface area contributed by atoms with Crippen LogP contribution in [0.4, 0.5) is 5.69 Å². The zero-order valence-electron chi connectivity index (χ0n) is 10.2. The SMILES string of the molecule is NC(=O)CCCNC(=O)c1cc(N)cn1C1CC1. The fraction of sp³-hybridized carbons (Fsp3) is 0.500. The lowest BCUT2D eigenvalue weighted by Gasteiger charge is -2.08. The molecule has 6 nitrogen and oxygen atoms in total. The third-order valence-electron chi connectivity index (χ3n) is 2.93. The van der Waals surface area contributed by atoms with Crippen LogP contribution in [0, 0.1) is 0 Å². The molecule has 1 aromatic rings. The van der Waals surface area contributed by atoms with Crippen LogP contribution in [0.3, 0.4) is 0 Å². The van der Waals surface area contributed by atoms with Gasteiger partial charge in [-0.1, -0.05) is 0 Å². The lowest BCUT2D eigenvalue weighted by atomic mass is 10.3. The van der Waals surface area contributed by atoms with E-state index in [1.165, 1.54) is 0 Å². The standard InChI is InChI=1S/C12H18N4O2/c13-8-6-10(16(7-8)9-3-4-9)12(18)15-5-1-2-11(14)17/h6-7,9H,1-5,13H2,(H2,14,17)(H,15,18). The quantitative estimate of drug-likeness (QED) is 0.636. The van der Waals surface area contributed by atoms with Crippen LogP contribution in [0.2, 0.25) is 0 Å². The third-order valence-corrected chi connectivity index (χ3v) is 2.93. The second kappa shape index (κ2) is 5.12. The van der Waals surface area contributed by atoms with E-state index in [9.17, 15) is 9.59 Å². The van der Waals surface area contributed by atoms with Crippen molar-refractivity contribution in [3.63, 3.8) is 0 Å². The summed E-state index contributed by atoms with van der Waals surface area (Å²) in [7, 11) is 0. The van der Waals surface area contributed by atoms with Gasteiger partial charge in [-0.05, 0) is 25.3 Å². The van der Waals surface area contributed by atoms with Gasteiger partial charge in [-0.15, -0.1) is 0 Å². The zero-order valence-corrected chi connectivity index (χ0v) is 10.2. The number of nitrogens with two attached hydrogens (primary N) is 2. The Morgan fingerprint density at radius 2 is 2.17 bits per heavy atom. The first-order chi connectivity index (χ1) is 8.58. The van der Waals surface area contributed by atoms with Crippen molar-refractivity contribution in [1.82, 2.24) is 9.88 Å². The molecule has 0 spiro atoms. The lowest BCUT2D eigenvalue weighted by molar-refractivity contribution is -0.118. The molecular formula is C12H18N4O2. The highest BCUT2D eigenvalue weighted by Gasteiger charge is 2.27. The molecule has 1 saturated carbocycles. The normalized spacial score (nSPS) is 14.4. The number of nitrogens with one attached hydrogen (secondary N) is 1. The van der Waals surface area contributed by atoms with Gasteiger partial charge in [-0.25, -0.2) is 0 Å². The molecule has 1 fully saturated rings. The monoisotopic (exact) mass is 250 g/mol. The topological polar surface area (TPSA) is 103 Å². The number of carbonyl (C=O) groups is 2. The molecule has 0 radical (unpaired) electrons. The molecule has 2 rings (SSSR count). The van der Waals surface area contributed by atoms with Crippen LogP contribution >= 0.6 is 0 Å². The smallest absolute Gasteiger partial charge is 0.267 e. The summed E-state index contributed by atoms with van der Waals surface area (Å²) in [6.07, 6.45) is 4.83. The van der Waals surface area contributed by atoms with E-state index in [0.29, 0.717) is 30.4 Å². The summed E-state index contributed by atoms with van der Waals surface area (Å²) in [6, 6.07) is 2.09. The van der Waals surface area contributed by atoms with Gasteiger partial charge in [0, 0.05) is 25.2 Å². The summed E-state index contributed by atoms with van der Waals surface area (Å²) in [5.74, 6) is -0.502. The van der Waals surface area contributed by atoms with Gasteiger partial charge in [0.2, 0.25) is 5.91 Å². The first kappa shape index (κ1) is 12.5. The van der Waals surface area contributed by atoms with E-state index in [1.807, 2.05) is 4.57 Å². The molecule has 1 aromatic heterocycles. The molecule has 0 unspecified atom stereocenters. The Morgan fingerprint density at radius 1 is 1.44 bits per heavy atom. The van der Waals surface area contributed by atoms with Gasteiger partial charge in [0.1, 0.15) is 5.69 Å². The second-order valence-corrected chi connectivity index (χ2v) is 4.62. The van der Waals surface area contributed by atoms with E-state index in [-0.39, 0.29) is 18.2 Å². The molecular weight excluding hydrogens is 232 g/mol. The number of nitrogens with zero attached hydrogens (tertiary/aromatic N) is 1. The maximum Gasteiger partial charge on any atom is 0.267 e. The zero-order chi connectivity index (χ0) is 13.1. The van der Waals surface area contributed by atoms with E-state index < -0.39 is 0 Å². The summed E-state index contributed by atoms with van der Waals surface area (Å²) in [4.78, 5) is 22.5. The summed E-state index contributed by atoms with van der Waals surface area (Å²) in [6.45, 7) is 0.442. The van der Waals surface area contributed by atoms with Crippen LogP contribution in [0.15, 0.2) is 12.3 Å². The van der Waals surface area contributed by atoms with Gasteiger partial charge < -0.3 is 21.4 Å². The minimum Gasteiger partial charge on any atom is -0.397 e. The maximum atomic E-state index is 12.0. The molecule has 0 atom stereocenters. The van der Waals surface area contributed by atoms with Gasteiger partial charge in [0.15, 0.2) is 0 Å². The van der Waals surface area contributed by atoms with Crippen LogP contribution in [0.5, 0.6) is 0 Å². The number of amides is 2. The van der Waals surface area contributed by atoms with Gasteiger partial charge in [0.25, 0.3) is 5.91 Å². The summed E-state index contributed by atoms with van der Waals surface area (Å²) < 4.78 is 1.93. The third kappa shape index (κ3) is 3.03. The van der Waals surface area contributed by atoms with Crippen molar-refractivity contribution in [2.24, 2.45) is 5.73 Å². The first-order valence-electron chi connectivity index (χ1n) is 6.12. The number of primary amides is 1. The Morgan fingerprint density at radius 3 is 2.78 bits per heavy atom. The number of carbonyl (C=O) groups excluding carboxylic acids is 2. The minimum absolute atomic E-state index is 0.150. The molecule has 0 aromatic carbocycles. The Bertz CT molecular complexity index is 463. The maximum absolute atomic E-state index is 12.0. The molecule has 98 valence electrons. The van der Waals surface area contributed by atoms with Crippen molar-refractivity contribution >= 4 is 17.5 Å². The minimum atomic E-state index is -0.352. The van der Waals surface area contributed by atoms with E-state index in [4.69, 9.17) is 11.5 Å². The average Bonchev–Trinajstić information content (AvgIpc) is 3.07. The molecule has 2 amide bonds. The van der Waals surface area contributed by atoms with Gasteiger partial charge >= 0.3 is 0 Å². The van der Waals surface area contributed by atoms with Crippen LogP contribution < -0.4 is 16.8 Å². The fourth-order valence-electron chi connectivity index (χ4n) is 1.89. The number of hydrogen-bond donors (Lipinski definition) is 3. The highest BCUT2D eigenvalue weighted by Crippen LogP contribution is 2.37. The number of hydrogen-bond acceptors (Lipinski definition) is 3.